The topological polar surface area (TPSA) is 99.3 Å². The van der Waals surface area contributed by atoms with Crippen molar-refractivity contribution in [3.05, 3.63) is 71.3 Å². The van der Waals surface area contributed by atoms with Crippen molar-refractivity contribution < 1.29 is 28.8 Å². The van der Waals surface area contributed by atoms with Crippen molar-refractivity contribution in [1.29, 1.82) is 0 Å². The highest BCUT2D eigenvalue weighted by Crippen LogP contribution is 2.10. The molecule has 2 aromatic carbocycles. The average molecular weight is 332 g/mol. The van der Waals surface area contributed by atoms with Crippen LogP contribution in [0.3, 0.4) is 0 Å². The zero-order valence-electron chi connectivity index (χ0n) is 12.0. The third kappa shape index (κ3) is 3.49. The summed E-state index contributed by atoms with van der Waals surface area (Å²) in [5.74, 6) is -3.10. The van der Waals surface area contributed by atoms with Crippen molar-refractivity contribution in [2.75, 3.05) is 0 Å². The van der Waals surface area contributed by atoms with Gasteiger partial charge in [-0.25, -0.2) is 8.78 Å². The maximum Gasteiger partial charge on any atom is 0.217 e. The molecule has 2 rings (SSSR count). The molecule has 0 aliphatic rings. The number of halogens is 2. The van der Waals surface area contributed by atoms with Gasteiger partial charge in [-0.3, -0.25) is 9.59 Å². The van der Waals surface area contributed by atoms with Crippen LogP contribution in [0.15, 0.2) is 58.8 Å². The number of carbonyl (C=O) groups is 2. The summed E-state index contributed by atoms with van der Waals surface area (Å²) < 4.78 is 25.8. The van der Waals surface area contributed by atoms with Gasteiger partial charge >= 0.3 is 0 Å². The van der Waals surface area contributed by atoms with Gasteiger partial charge in [-0.1, -0.05) is 10.3 Å². The summed E-state index contributed by atoms with van der Waals surface area (Å²) in [6.07, 6.45) is 0. The molecule has 2 N–H and O–H groups in total. The Bertz CT molecular complexity index is 757. The van der Waals surface area contributed by atoms with Gasteiger partial charge < -0.3 is 10.4 Å². The Balaban J connectivity index is 2.36. The molecule has 0 unspecified atom stereocenters. The number of ketones is 2. The number of rotatable bonds is 5. The van der Waals surface area contributed by atoms with Gasteiger partial charge in [0.05, 0.1) is 0 Å². The van der Waals surface area contributed by atoms with Crippen LogP contribution in [-0.2, 0) is 0 Å². The number of nitrogens with zero attached hydrogens (tertiary/aromatic N) is 2. The van der Waals surface area contributed by atoms with E-state index in [-0.39, 0.29) is 11.1 Å². The molecule has 0 fully saturated rings. The quantitative estimate of drug-likeness (QED) is 0.380. The molecule has 0 saturated carbocycles. The van der Waals surface area contributed by atoms with E-state index >= 15 is 0 Å². The van der Waals surface area contributed by atoms with E-state index in [0.717, 1.165) is 48.5 Å². The molecular weight excluding hydrogens is 322 g/mol. The van der Waals surface area contributed by atoms with Crippen molar-refractivity contribution in [3.8, 4) is 0 Å². The standard InChI is InChI=1S/C16H10F2N2O4/c17-11-5-1-9(2-6-11)15(21)13(19-23)14(20-24)16(22)10-3-7-12(18)8-4-10/h1-8,23-24H. The number of hydrogen-bond donors (Lipinski definition) is 2. The Kier molecular flexibility index (Phi) is 5.10. The van der Waals surface area contributed by atoms with E-state index in [1.54, 1.807) is 0 Å². The van der Waals surface area contributed by atoms with E-state index in [4.69, 9.17) is 10.4 Å². The molecule has 6 nitrogen and oxygen atoms in total. The zero-order valence-corrected chi connectivity index (χ0v) is 12.0. The first-order valence-electron chi connectivity index (χ1n) is 6.53. The minimum atomic E-state index is -0.958. The van der Waals surface area contributed by atoms with E-state index in [1.807, 2.05) is 0 Å². The molecule has 122 valence electrons. The van der Waals surface area contributed by atoms with E-state index in [1.165, 1.54) is 0 Å². The van der Waals surface area contributed by atoms with Crippen molar-refractivity contribution in [3.63, 3.8) is 0 Å². The fraction of sp³-hybridized carbons (Fsp3) is 0. The van der Waals surface area contributed by atoms with E-state index in [9.17, 15) is 18.4 Å². The number of carbonyl (C=O) groups excluding carboxylic acids is 2. The number of benzene rings is 2. The van der Waals surface area contributed by atoms with Gasteiger partial charge in [0.1, 0.15) is 11.6 Å². The summed E-state index contributed by atoms with van der Waals surface area (Å²) in [6.45, 7) is 0. The molecule has 0 radical (unpaired) electrons. The molecular formula is C16H10F2N2O4. The maximum atomic E-state index is 12.9. The summed E-state index contributed by atoms with van der Waals surface area (Å²) in [4.78, 5) is 24.5. The minimum Gasteiger partial charge on any atom is -0.410 e. The molecule has 0 atom stereocenters. The normalized spacial score (nSPS) is 12.1. The Labute approximate surface area is 134 Å². The SMILES string of the molecule is O=C(C(=NO)C(=NO)C(=O)c1ccc(F)cc1)c1ccc(F)cc1. The molecule has 8 heteroatoms. The Morgan fingerprint density at radius 3 is 1.21 bits per heavy atom. The van der Waals surface area contributed by atoms with Crippen LogP contribution in [0.2, 0.25) is 0 Å². The van der Waals surface area contributed by atoms with Crippen molar-refractivity contribution in [1.82, 2.24) is 0 Å². The monoisotopic (exact) mass is 332 g/mol. The highest BCUT2D eigenvalue weighted by Gasteiger charge is 2.28. The van der Waals surface area contributed by atoms with Gasteiger partial charge in [0.25, 0.3) is 0 Å². The van der Waals surface area contributed by atoms with E-state index in [0.29, 0.717) is 0 Å². The van der Waals surface area contributed by atoms with Crippen LogP contribution in [0, 0.1) is 11.6 Å². The molecule has 0 aliphatic carbocycles. The Morgan fingerprint density at radius 2 is 0.958 bits per heavy atom. The number of Topliss-reactive ketones (excluding diaryl/α,β-unsaturated/α-hetero) is 2. The van der Waals surface area contributed by atoms with Crippen LogP contribution in [0.5, 0.6) is 0 Å². The summed E-state index contributed by atoms with van der Waals surface area (Å²) in [7, 11) is 0. The lowest BCUT2D eigenvalue weighted by Gasteiger charge is -2.06. The van der Waals surface area contributed by atoms with Crippen LogP contribution in [0.4, 0.5) is 8.78 Å². The first-order valence-corrected chi connectivity index (χ1v) is 6.53. The third-order valence-corrected chi connectivity index (χ3v) is 3.07. The molecule has 0 aliphatic heterocycles. The fourth-order valence-electron chi connectivity index (χ4n) is 1.88. The number of oxime groups is 2. The van der Waals surface area contributed by atoms with Crippen LogP contribution >= 0.6 is 0 Å². The zero-order chi connectivity index (χ0) is 17.7. The predicted octanol–water partition coefficient (Wildman–Crippen LogP) is 2.69. The molecule has 0 bridgehead atoms. The van der Waals surface area contributed by atoms with Crippen molar-refractivity contribution >= 4 is 23.0 Å². The lowest BCUT2D eigenvalue weighted by Crippen LogP contribution is -2.31. The first kappa shape index (κ1) is 16.9. The Morgan fingerprint density at radius 1 is 0.667 bits per heavy atom. The second-order valence-corrected chi connectivity index (χ2v) is 4.57. The molecule has 2 aromatic rings. The maximum absolute atomic E-state index is 12.9. The van der Waals surface area contributed by atoms with E-state index in [2.05, 4.69) is 10.3 Å². The fourth-order valence-corrected chi connectivity index (χ4v) is 1.88. The van der Waals surface area contributed by atoms with Gasteiger partial charge in [-0.05, 0) is 48.5 Å². The van der Waals surface area contributed by atoms with Crippen LogP contribution in [-0.4, -0.2) is 33.4 Å². The van der Waals surface area contributed by atoms with Gasteiger partial charge in [-0.2, -0.15) is 0 Å². The van der Waals surface area contributed by atoms with Crippen LogP contribution < -0.4 is 0 Å². The highest BCUT2D eigenvalue weighted by molar-refractivity contribution is 6.84. The summed E-state index contributed by atoms with van der Waals surface area (Å²) in [5.41, 5.74) is -1.84. The predicted molar refractivity (Wildman–Crippen MR) is 79.9 cm³/mol. The molecule has 0 amide bonds. The second kappa shape index (κ2) is 7.23. The lowest BCUT2D eigenvalue weighted by atomic mass is 9.97. The molecule has 0 heterocycles. The third-order valence-electron chi connectivity index (χ3n) is 3.07. The van der Waals surface area contributed by atoms with Gasteiger partial charge in [0, 0.05) is 11.1 Å². The number of hydrogen-bond acceptors (Lipinski definition) is 6. The minimum absolute atomic E-state index is 0.0859. The first-order chi connectivity index (χ1) is 11.5. The summed E-state index contributed by atoms with van der Waals surface area (Å²) in [6, 6.07) is 8.44. The van der Waals surface area contributed by atoms with Crippen LogP contribution in [0.25, 0.3) is 0 Å². The highest BCUT2D eigenvalue weighted by atomic mass is 19.1. The molecule has 0 aromatic heterocycles. The average Bonchev–Trinajstić information content (AvgIpc) is 2.59. The van der Waals surface area contributed by atoms with Gasteiger partial charge in [0.2, 0.25) is 11.6 Å². The van der Waals surface area contributed by atoms with Crippen molar-refractivity contribution in [2.45, 2.75) is 0 Å². The smallest absolute Gasteiger partial charge is 0.217 e. The van der Waals surface area contributed by atoms with Gasteiger partial charge in [-0.15, -0.1) is 0 Å². The van der Waals surface area contributed by atoms with Gasteiger partial charge in [0.15, 0.2) is 11.4 Å². The van der Waals surface area contributed by atoms with Crippen molar-refractivity contribution in [2.24, 2.45) is 10.3 Å². The molecule has 0 spiro atoms. The second-order valence-electron chi connectivity index (χ2n) is 4.57. The van der Waals surface area contributed by atoms with Crippen LogP contribution in [0.1, 0.15) is 20.7 Å². The molecule has 0 saturated heterocycles. The molecule has 24 heavy (non-hydrogen) atoms. The van der Waals surface area contributed by atoms with E-state index < -0.39 is 34.6 Å². The Hall–Kier alpha value is -3.42. The summed E-state index contributed by atoms with van der Waals surface area (Å²) >= 11 is 0. The lowest BCUT2D eigenvalue weighted by molar-refractivity contribution is 0.104. The summed E-state index contributed by atoms with van der Waals surface area (Å²) in [5, 5.41) is 23.5. The largest absolute Gasteiger partial charge is 0.410 e.